The minimum absolute atomic E-state index is 0.0373. The Morgan fingerprint density at radius 2 is 0.957 bits per heavy atom. The van der Waals surface area contributed by atoms with E-state index in [0.717, 1.165) is 112 Å². The molecule has 3 amide bonds. The molecule has 3 aromatic rings. The number of aryl methyl sites for hydroxylation is 2. The molecular formula is C57H75N3O9. The number of carbonyl (C=O) groups is 6. The molecule has 3 saturated carbocycles. The molecule has 69 heavy (non-hydrogen) atoms. The Balaban J connectivity index is 0.000000153. The maximum absolute atomic E-state index is 12.1. The Bertz CT molecular complexity index is 2580. The summed E-state index contributed by atoms with van der Waals surface area (Å²) in [6, 6.07) is 13.1. The number of phenolic OH excluding ortho intramolecular Hbond substituents is 2. The summed E-state index contributed by atoms with van der Waals surface area (Å²) in [7, 11) is 0. The molecule has 0 aliphatic heterocycles. The first-order chi connectivity index (χ1) is 32.2. The summed E-state index contributed by atoms with van der Waals surface area (Å²) < 4.78 is 5.22. The standard InChI is InChI=1S/3C19H25NO3/c1-12(21)23-14-6-7-15-13(11-14)5-8-16-18(15,2)9-4-10-19(16,3)17(20)22;1-11(21)16-12-5-8-15-18(2,13(12)6-7-14(16)22)9-4-10-19(15,3)17(20)23;1-11(21)13-10-14-12(9-15(13)22)5-6-16-18(14,2)7-4-8-19(16,3)17(20)23/h6-7,11,16H,4-5,8-10H2,1-3H3,(H2,20,22);6-7,15,22H,4-5,8-10H2,1-3H3,(H2,20,23);9-10,16,22H,4-8H2,1-3H3,(H2,20,23). The number of primary amides is 3. The van der Waals surface area contributed by atoms with E-state index in [4.69, 9.17) is 21.9 Å². The van der Waals surface area contributed by atoms with Crippen LogP contribution in [0.3, 0.4) is 0 Å². The number of benzene rings is 3. The van der Waals surface area contributed by atoms with Gasteiger partial charge in [0.05, 0.1) is 11.1 Å². The lowest BCUT2D eigenvalue weighted by Gasteiger charge is -2.54. The number of hydrogen-bond acceptors (Lipinski definition) is 9. The normalized spacial score (nSPS) is 32.7. The lowest BCUT2D eigenvalue weighted by molar-refractivity contribution is -0.136. The summed E-state index contributed by atoms with van der Waals surface area (Å²) in [5.41, 5.74) is 23.1. The van der Waals surface area contributed by atoms with E-state index in [1.807, 2.05) is 45.0 Å². The monoisotopic (exact) mass is 946 g/mol. The van der Waals surface area contributed by atoms with Crippen LogP contribution in [0, 0.1) is 34.0 Å². The van der Waals surface area contributed by atoms with Crippen molar-refractivity contribution in [2.75, 3.05) is 0 Å². The molecule has 6 aliphatic rings. The molecule has 3 fully saturated rings. The maximum atomic E-state index is 12.1. The maximum Gasteiger partial charge on any atom is 0.308 e. The summed E-state index contributed by atoms with van der Waals surface area (Å²) in [6.07, 6.45) is 13.6. The molecule has 0 saturated heterocycles. The Morgan fingerprint density at radius 1 is 0.522 bits per heavy atom. The van der Waals surface area contributed by atoms with Crippen LogP contribution in [0.25, 0.3) is 0 Å². The fourth-order valence-corrected chi connectivity index (χ4v) is 15.3. The van der Waals surface area contributed by atoms with E-state index in [1.54, 1.807) is 12.1 Å². The fraction of sp³-hybridized carbons (Fsp3) is 0.579. The molecule has 0 bridgehead atoms. The highest BCUT2D eigenvalue weighted by molar-refractivity contribution is 5.99. The molecule has 9 rings (SSSR count). The van der Waals surface area contributed by atoms with Crippen molar-refractivity contribution in [3.8, 4) is 17.2 Å². The van der Waals surface area contributed by atoms with E-state index in [-0.39, 0.29) is 80.8 Å². The van der Waals surface area contributed by atoms with Crippen LogP contribution in [0.5, 0.6) is 17.2 Å². The molecule has 3 aromatic carbocycles. The lowest BCUT2D eigenvalue weighted by atomic mass is 9.49. The van der Waals surface area contributed by atoms with Gasteiger partial charge < -0.3 is 32.2 Å². The minimum atomic E-state index is -0.501. The number of phenols is 2. The van der Waals surface area contributed by atoms with Crippen LogP contribution in [0.15, 0.2) is 42.5 Å². The van der Waals surface area contributed by atoms with Crippen molar-refractivity contribution in [3.05, 3.63) is 87.0 Å². The third-order valence-electron chi connectivity index (χ3n) is 19.0. The van der Waals surface area contributed by atoms with Crippen LogP contribution in [-0.2, 0) is 54.7 Å². The van der Waals surface area contributed by atoms with E-state index in [1.165, 1.54) is 31.9 Å². The van der Waals surface area contributed by atoms with Crippen LogP contribution < -0.4 is 21.9 Å². The second-order valence-corrected chi connectivity index (χ2v) is 23.0. The second kappa shape index (κ2) is 18.3. The van der Waals surface area contributed by atoms with Gasteiger partial charge in [0.1, 0.15) is 17.2 Å². The van der Waals surface area contributed by atoms with Gasteiger partial charge in [0, 0.05) is 23.2 Å². The topological polar surface area (TPSA) is 230 Å². The summed E-state index contributed by atoms with van der Waals surface area (Å²) in [5.74, 6) is 0.205. The van der Waals surface area contributed by atoms with E-state index in [2.05, 4.69) is 26.8 Å². The number of esters is 1. The molecule has 8 N–H and O–H groups in total. The van der Waals surface area contributed by atoms with Gasteiger partial charge in [0.25, 0.3) is 0 Å². The summed E-state index contributed by atoms with van der Waals surface area (Å²) in [5, 5.41) is 20.2. The highest BCUT2D eigenvalue weighted by Gasteiger charge is 2.57. The summed E-state index contributed by atoms with van der Waals surface area (Å²) in [4.78, 5) is 71.4. The van der Waals surface area contributed by atoms with Gasteiger partial charge in [-0.1, -0.05) is 72.9 Å². The van der Waals surface area contributed by atoms with Gasteiger partial charge in [-0.25, -0.2) is 0 Å². The third-order valence-corrected chi connectivity index (χ3v) is 19.0. The van der Waals surface area contributed by atoms with Crippen LogP contribution in [0.1, 0.15) is 193 Å². The Morgan fingerprint density at radius 3 is 1.41 bits per heavy atom. The van der Waals surface area contributed by atoms with Crippen molar-refractivity contribution in [2.24, 2.45) is 51.2 Å². The number of aromatic hydroxyl groups is 2. The first-order valence-corrected chi connectivity index (χ1v) is 25.1. The predicted octanol–water partition coefficient (Wildman–Crippen LogP) is 9.29. The molecule has 6 aliphatic carbocycles. The van der Waals surface area contributed by atoms with Gasteiger partial charge in [-0.2, -0.15) is 0 Å². The highest BCUT2D eigenvalue weighted by Crippen LogP contribution is 2.60. The van der Waals surface area contributed by atoms with Gasteiger partial charge in [-0.3, -0.25) is 28.8 Å². The zero-order valence-electron chi connectivity index (χ0n) is 42.4. The predicted molar refractivity (Wildman–Crippen MR) is 265 cm³/mol. The molecule has 9 unspecified atom stereocenters. The van der Waals surface area contributed by atoms with Gasteiger partial charge in [0.2, 0.25) is 17.7 Å². The number of ether oxygens (including phenoxy) is 1. The fourth-order valence-electron chi connectivity index (χ4n) is 15.3. The minimum Gasteiger partial charge on any atom is -0.507 e. The van der Waals surface area contributed by atoms with Crippen molar-refractivity contribution in [1.82, 2.24) is 0 Å². The van der Waals surface area contributed by atoms with E-state index in [0.29, 0.717) is 23.3 Å². The summed E-state index contributed by atoms with van der Waals surface area (Å²) >= 11 is 0. The van der Waals surface area contributed by atoms with E-state index in [9.17, 15) is 39.0 Å². The number of rotatable bonds is 6. The van der Waals surface area contributed by atoms with Crippen LogP contribution >= 0.6 is 0 Å². The number of hydrogen-bond donors (Lipinski definition) is 5. The number of Topliss-reactive ketones (excluding diaryl/α,β-unsaturated/α-hetero) is 2. The third kappa shape index (κ3) is 8.55. The second-order valence-electron chi connectivity index (χ2n) is 23.0. The molecule has 0 radical (unpaired) electrons. The number of ketones is 2. The SMILES string of the molecule is CC(=O)Oc1ccc2c(c1)CCC1C(C)(C(N)=O)CCCC21C.CC(=O)c1c(O)ccc2c1CCC1C(C)(C(N)=O)CCCC21C.CC(=O)c1cc2c(cc1O)CCC1C(C)(C(N)=O)CCCC21C. The van der Waals surface area contributed by atoms with Crippen molar-refractivity contribution in [2.45, 2.75) is 175 Å². The largest absolute Gasteiger partial charge is 0.507 e. The van der Waals surface area contributed by atoms with Crippen molar-refractivity contribution in [3.63, 3.8) is 0 Å². The van der Waals surface area contributed by atoms with Crippen molar-refractivity contribution < 1.29 is 43.7 Å². The molecule has 12 heteroatoms. The molecule has 9 atom stereocenters. The zero-order chi connectivity index (χ0) is 50.8. The first-order valence-electron chi connectivity index (χ1n) is 25.1. The van der Waals surface area contributed by atoms with E-state index >= 15 is 0 Å². The lowest BCUT2D eigenvalue weighted by Crippen LogP contribution is -2.54. The Kier molecular flexibility index (Phi) is 13.6. The van der Waals surface area contributed by atoms with Gasteiger partial charge in [-0.05, 0) is 189 Å². The Hall–Kier alpha value is -5.52. The Labute approximate surface area is 407 Å². The number of amides is 3. The number of carbonyl (C=O) groups excluding carboxylic acids is 6. The van der Waals surface area contributed by atoms with Crippen molar-refractivity contribution in [1.29, 1.82) is 0 Å². The smallest absolute Gasteiger partial charge is 0.308 e. The molecule has 372 valence electrons. The molecular weight excluding hydrogens is 871 g/mol. The average molecular weight is 946 g/mol. The van der Waals surface area contributed by atoms with Crippen molar-refractivity contribution >= 4 is 35.3 Å². The van der Waals surface area contributed by atoms with Crippen LogP contribution in [0.4, 0.5) is 0 Å². The van der Waals surface area contributed by atoms with Gasteiger partial charge >= 0.3 is 5.97 Å². The van der Waals surface area contributed by atoms with Gasteiger partial charge in [-0.15, -0.1) is 0 Å². The molecule has 0 heterocycles. The molecule has 0 aromatic heterocycles. The quantitative estimate of drug-likeness (QED) is 0.0899. The van der Waals surface area contributed by atoms with Crippen LogP contribution in [0.2, 0.25) is 0 Å². The van der Waals surface area contributed by atoms with Gasteiger partial charge in [0.15, 0.2) is 11.6 Å². The zero-order valence-corrected chi connectivity index (χ0v) is 42.4. The van der Waals surface area contributed by atoms with Crippen LogP contribution in [-0.4, -0.2) is 45.5 Å². The average Bonchev–Trinajstić information content (AvgIpc) is 3.25. The first kappa shape index (κ1) is 51.3. The highest BCUT2D eigenvalue weighted by atomic mass is 16.5. The number of fused-ring (bicyclic) bond motifs is 9. The summed E-state index contributed by atoms with van der Waals surface area (Å²) in [6.45, 7) is 17.1. The molecule has 0 spiro atoms. The molecule has 12 nitrogen and oxygen atoms in total. The number of nitrogens with two attached hydrogens (primary N) is 3. The van der Waals surface area contributed by atoms with E-state index < -0.39 is 16.2 Å².